The number of carbonyl (C=O) groups excluding carboxylic acids is 1. The average molecular weight is 484 g/mol. The van der Waals surface area contributed by atoms with Gasteiger partial charge in [-0.2, -0.15) is 0 Å². The molecule has 1 N–H and O–H groups in total. The number of hydrogen-bond donors (Lipinski definition) is 1. The number of nitrogens with one attached hydrogen (secondary N) is 1. The number of amides is 1. The molecular formula is C22H27Cl2N3O3S. The molecule has 2 aromatic carbocycles. The topological polar surface area (TPSA) is 69.7 Å². The third-order valence-electron chi connectivity index (χ3n) is 4.89. The first-order chi connectivity index (χ1) is 14.4. The molecule has 1 heterocycles. The number of nitrogens with zero attached hydrogens (tertiary/aromatic N) is 2. The van der Waals surface area contributed by atoms with Crippen molar-refractivity contribution in [2.24, 2.45) is 0 Å². The second-order valence-electron chi connectivity index (χ2n) is 8.70. The van der Waals surface area contributed by atoms with Gasteiger partial charge in [0.2, 0.25) is 10.0 Å². The van der Waals surface area contributed by atoms with Crippen molar-refractivity contribution >= 4 is 39.1 Å². The summed E-state index contributed by atoms with van der Waals surface area (Å²) in [6.45, 7) is 8.64. The zero-order chi connectivity index (χ0) is 22.8. The molecule has 3 rings (SSSR count). The molecule has 0 bridgehead atoms. The summed E-state index contributed by atoms with van der Waals surface area (Å²) in [5.41, 5.74) is 0.815. The molecule has 0 saturated carbocycles. The summed E-state index contributed by atoms with van der Waals surface area (Å²) in [7, 11) is -3.85. The third kappa shape index (κ3) is 6.43. The number of benzene rings is 2. The Morgan fingerprint density at radius 1 is 1.00 bits per heavy atom. The summed E-state index contributed by atoms with van der Waals surface area (Å²) in [6, 6.07) is 12.1. The maximum atomic E-state index is 13.0. The summed E-state index contributed by atoms with van der Waals surface area (Å²) in [4.78, 5) is 16.9. The molecule has 0 radical (unpaired) electrons. The van der Waals surface area contributed by atoms with Crippen molar-refractivity contribution in [1.29, 1.82) is 0 Å². The summed E-state index contributed by atoms with van der Waals surface area (Å²) in [5, 5.41) is 0.794. The van der Waals surface area contributed by atoms with E-state index in [2.05, 4.69) is 9.62 Å². The van der Waals surface area contributed by atoms with Crippen molar-refractivity contribution in [1.82, 2.24) is 14.5 Å². The molecule has 0 unspecified atom stereocenters. The van der Waals surface area contributed by atoms with Crippen LogP contribution in [0, 0.1) is 0 Å². The van der Waals surface area contributed by atoms with Crippen LogP contribution in [0.3, 0.4) is 0 Å². The van der Waals surface area contributed by atoms with Crippen molar-refractivity contribution < 1.29 is 13.2 Å². The third-order valence-corrected chi connectivity index (χ3v) is 7.38. The highest BCUT2D eigenvalue weighted by Crippen LogP contribution is 2.25. The van der Waals surface area contributed by atoms with Gasteiger partial charge in [0.25, 0.3) is 5.91 Å². The fourth-order valence-electron chi connectivity index (χ4n) is 3.44. The van der Waals surface area contributed by atoms with Gasteiger partial charge in [0.15, 0.2) is 0 Å². The number of halogens is 2. The van der Waals surface area contributed by atoms with Crippen LogP contribution in [0.1, 0.15) is 36.7 Å². The van der Waals surface area contributed by atoms with Crippen LogP contribution in [-0.2, 0) is 16.6 Å². The number of sulfonamides is 1. The Balaban J connectivity index is 1.68. The second kappa shape index (κ2) is 9.46. The first kappa shape index (κ1) is 24.0. The molecule has 1 amide bonds. The van der Waals surface area contributed by atoms with E-state index in [1.165, 1.54) is 17.7 Å². The molecule has 1 aliphatic rings. The quantitative estimate of drug-likeness (QED) is 0.696. The largest absolute Gasteiger partial charge is 0.336 e. The summed E-state index contributed by atoms with van der Waals surface area (Å²) < 4.78 is 28.0. The van der Waals surface area contributed by atoms with Gasteiger partial charge in [-0.1, -0.05) is 35.3 Å². The minimum Gasteiger partial charge on any atom is -0.336 e. The number of rotatable bonds is 5. The molecule has 6 nitrogen and oxygen atoms in total. The Hall–Kier alpha value is -1.64. The minimum absolute atomic E-state index is 0.0843. The zero-order valence-corrected chi connectivity index (χ0v) is 20.2. The smallest absolute Gasteiger partial charge is 0.253 e. The van der Waals surface area contributed by atoms with Gasteiger partial charge in [-0.3, -0.25) is 9.69 Å². The molecule has 168 valence electrons. The van der Waals surface area contributed by atoms with Gasteiger partial charge in [0, 0.05) is 48.8 Å². The summed E-state index contributed by atoms with van der Waals surface area (Å²) in [5.74, 6) is -0.199. The first-order valence-corrected chi connectivity index (χ1v) is 12.3. The van der Waals surface area contributed by atoms with Crippen LogP contribution >= 0.6 is 23.2 Å². The van der Waals surface area contributed by atoms with E-state index in [0.29, 0.717) is 23.7 Å². The molecule has 0 aliphatic carbocycles. The van der Waals surface area contributed by atoms with Gasteiger partial charge >= 0.3 is 0 Å². The standard InChI is InChI=1S/C22H27Cl2N3O3S/c1-22(2,3)25-31(29,30)20-14-17(6-9-19(20)24)21(28)27-12-10-26(11-13-27)15-16-4-7-18(23)8-5-16/h4-9,14,25H,10-13,15H2,1-3H3. The highest BCUT2D eigenvalue weighted by Gasteiger charge is 2.27. The summed E-state index contributed by atoms with van der Waals surface area (Å²) >= 11 is 12.1. The monoisotopic (exact) mass is 483 g/mol. The average Bonchev–Trinajstić information content (AvgIpc) is 2.68. The van der Waals surface area contributed by atoms with Crippen LogP contribution in [0.2, 0.25) is 10.0 Å². The Bertz CT molecular complexity index is 1040. The highest BCUT2D eigenvalue weighted by molar-refractivity contribution is 7.89. The minimum atomic E-state index is -3.85. The van der Waals surface area contributed by atoms with E-state index >= 15 is 0 Å². The Kier molecular flexibility index (Phi) is 7.33. The van der Waals surface area contributed by atoms with E-state index in [4.69, 9.17) is 23.2 Å². The lowest BCUT2D eigenvalue weighted by molar-refractivity contribution is 0.0628. The molecule has 1 fully saturated rings. The van der Waals surface area contributed by atoms with E-state index in [9.17, 15) is 13.2 Å². The molecule has 1 saturated heterocycles. The molecule has 9 heteroatoms. The van der Waals surface area contributed by atoms with Gasteiger partial charge in [0.1, 0.15) is 4.90 Å². The van der Waals surface area contributed by atoms with Crippen LogP contribution in [0.15, 0.2) is 47.4 Å². The van der Waals surface area contributed by atoms with Crippen molar-refractivity contribution in [2.75, 3.05) is 26.2 Å². The van der Waals surface area contributed by atoms with Gasteiger partial charge in [-0.25, -0.2) is 13.1 Å². The fraction of sp³-hybridized carbons (Fsp3) is 0.409. The van der Waals surface area contributed by atoms with Crippen LogP contribution in [-0.4, -0.2) is 55.8 Å². The van der Waals surface area contributed by atoms with Gasteiger partial charge < -0.3 is 4.90 Å². The predicted molar refractivity (Wildman–Crippen MR) is 124 cm³/mol. The van der Waals surface area contributed by atoms with E-state index in [1.54, 1.807) is 31.7 Å². The molecule has 0 spiro atoms. The predicted octanol–water partition coefficient (Wildman–Crippen LogP) is 4.03. The molecule has 0 atom stereocenters. The molecule has 2 aromatic rings. The number of piperazine rings is 1. The molecule has 0 aromatic heterocycles. The van der Waals surface area contributed by atoms with E-state index in [1.807, 2.05) is 24.3 Å². The summed E-state index contributed by atoms with van der Waals surface area (Å²) in [6.07, 6.45) is 0. The lowest BCUT2D eigenvalue weighted by Crippen LogP contribution is -2.48. The van der Waals surface area contributed by atoms with Crippen molar-refractivity contribution in [3.8, 4) is 0 Å². The second-order valence-corrected chi connectivity index (χ2v) is 11.2. The first-order valence-electron chi connectivity index (χ1n) is 10.0. The number of carbonyl (C=O) groups is 1. The van der Waals surface area contributed by atoms with Crippen molar-refractivity contribution in [3.05, 3.63) is 63.6 Å². The van der Waals surface area contributed by atoms with Crippen LogP contribution < -0.4 is 4.72 Å². The highest BCUT2D eigenvalue weighted by atomic mass is 35.5. The van der Waals surface area contributed by atoms with Gasteiger partial charge in [-0.15, -0.1) is 0 Å². The fourth-order valence-corrected chi connectivity index (χ4v) is 5.51. The van der Waals surface area contributed by atoms with Crippen LogP contribution in [0.4, 0.5) is 0 Å². The zero-order valence-electron chi connectivity index (χ0n) is 17.9. The maximum absolute atomic E-state index is 13.0. The Morgan fingerprint density at radius 2 is 1.61 bits per heavy atom. The number of hydrogen-bond acceptors (Lipinski definition) is 4. The van der Waals surface area contributed by atoms with Gasteiger partial charge in [-0.05, 0) is 56.7 Å². The van der Waals surface area contributed by atoms with E-state index in [0.717, 1.165) is 19.6 Å². The Morgan fingerprint density at radius 3 is 2.19 bits per heavy atom. The molecule has 31 heavy (non-hydrogen) atoms. The van der Waals surface area contributed by atoms with Crippen molar-refractivity contribution in [3.63, 3.8) is 0 Å². The molecule has 1 aliphatic heterocycles. The van der Waals surface area contributed by atoms with E-state index in [-0.39, 0.29) is 15.8 Å². The van der Waals surface area contributed by atoms with Crippen LogP contribution in [0.25, 0.3) is 0 Å². The normalized spacial score (nSPS) is 15.8. The van der Waals surface area contributed by atoms with Gasteiger partial charge in [0.05, 0.1) is 5.02 Å². The Labute approximate surface area is 194 Å². The maximum Gasteiger partial charge on any atom is 0.253 e. The lowest BCUT2D eigenvalue weighted by Gasteiger charge is -2.35. The van der Waals surface area contributed by atoms with Crippen molar-refractivity contribution in [2.45, 2.75) is 37.8 Å². The molecular weight excluding hydrogens is 457 g/mol. The SMILES string of the molecule is CC(C)(C)NS(=O)(=O)c1cc(C(=O)N2CCN(Cc3ccc(Cl)cc3)CC2)ccc1Cl. The van der Waals surface area contributed by atoms with Crippen LogP contribution in [0.5, 0.6) is 0 Å². The lowest BCUT2D eigenvalue weighted by atomic mass is 10.1. The van der Waals surface area contributed by atoms with E-state index < -0.39 is 15.6 Å².